The highest BCUT2D eigenvalue weighted by molar-refractivity contribution is 6.44. The first kappa shape index (κ1) is 17.6. The van der Waals surface area contributed by atoms with Crippen LogP contribution < -0.4 is 10.2 Å². The van der Waals surface area contributed by atoms with Gasteiger partial charge in [0.2, 0.25) is 5.91 Å². The van der Waals surface area contributed by atoms with Gasteiger partial charge >= 0.3 is 0 Å². The van der Waals surface area contributed by atoms with Crippen molar-refractivity contribution >= 4 is 40.6 Å². The second-order valence-corrected chi connectivity index (χ2v) is 7.74. The van der Waals surface area contributed by atoms with E-state index < -0.39 is 0 Å². The molecule has 136 valence electrons. The van der Waals surface area contributed by atoms with E-state index in [1.807, 2.05) is 0 Å². The van der Waals surface area contributed by atoms with Crippen LogP contribution in [0.3, 0.4) is 0 Å². The summed E-state index contributed by atoms with van der Waals surface area (Å²) in [6.07, 6.45) is 5.85. The number of rotatable bonds is 4. The molecule has 26 heavy (non-hydrogen) atoms. The molecule has 2 heterocycles. The van der Waals surface area contributed by atoms with Gasteiger partial charge in [-0.15, -0.1) is 0 Å². The smallest absolute Gasteiger partial charge is 0.229 e. The van der Waals surface area contributed by atoms with Crippen LogP contribution >= 0.6 is 23.2 Å². The molecule has 1 atom stereocenters. The Hall–Kier alpha value is -1.85. The Morgan fingerprint density at radius 3 is 2.85 bits per heavy atom. The van der Waals surface area contributed by atoms with Crippen molar-refractivity contribution in [3.63, 3.8) is 0 Å². The number of hydrogen-bond donors (Lipinski definition) is 1. The monoisotopic (exact) mass is 390 g/mol. The van der Waals surface area contributed by atoms with Crippen molar-refractivity contribution in [2.75, 3.05) is 23.3 Å². The molecule has 1 amide bonds. The number of benzene rings is 1. The molecule has 0 spiro atoms. The Morgan fingerprint density at radius 2 is 2.04 bits per heavy atom. The van der Waals surface area contributed by atoms with E-state index in [0.29, 0.717) is 28.2 Å². The van der Waals surface area contributed by atoms with E-state index in [0.717, 1.165) is 30.9 Å². The Morgan fingerprint density at radius 1 is 1.19 bits per heavy atom. The maximum absolute atomic E-state index is 12.7. The fourth-order valence-electron chi connectivity index (χ4n) is 3.37. The zero-order valence-electron chi connectivity index (χ0n) is 14.3. The van der Waals surface area contributed by atoms with Gasteiger partial charge in [0.15, 0.2) is 0 Å². The van der Waals surface area contributed by atoms with Crippen molar-refractivity contribution in [3.05, 3.63) is 46.3 Å². The third kappa shape index (κ3) is 3.79. The average molecular weight is 391 g/mol. The van der Waals surface area contributed by atoms with Crippen LogP contribution in [0.4, 0.5) is 11.5 Å². The molecule has 1 aromatic heterocycles. The highest BCUT2D eigenvalue weighted by Gasteiger charge is 2.29. The van der Waals surface area contributed by atoms with Gasteiger partial charge in [-0.05, 0) is 37.8 Å². The van der Waals surface area contributed by atoms with E-state index in [1.54, 1.807) is 24.5 Å². The van der Waals surface area contributed by atoms with Crippen LogP contribution in [-0.2, 0) is 4.79 Å². The van der Waals surface area contributed by atoms with E-state index >= 15 is 0 Å². The standard InChI is InChI=1S/C19H20Cl2N4O/c20-14-4-1-5-15(18(14)21)24-19(26)13-3-2-8-25(10-13)17-9-16(12-6-7-12)22-11-23-17/h1,4-5,9,11-13H,2-3,6-8,10H2,(H,24,26)/t13-/m1/s1. The topological polar surface area (TPSA) is 58.1 Å². The van der Waals surface area contributed by atoms with E-state index in [9.17, 15) is 4.79 Å². The molecule has 1 aromatic carbocycles. The lowest BCUT2D eigenvalue weighted by Crippen LogP contribution is -2.41. The normalized spacial score (nSPS) is 20.1. The molecule has 1 aliphatic heterocycles. The SMILES string of the molecule is O=C(Nc1cccc(Cl)c1Cl)[C@@H]1CCCN(c2cc(C3CC3)ncn2)C1. The zero-order valence-corrected chi connectivity index (χ0v) is 15.8. The number of anilines is 2. The van der Waals surface area contributed by atoms with Gasteiger partial charge in [0.1, 0.15) is 12.1 Å². The van der Waals surface area contributed by atoms with Gasteiger partial charge in [-0.3, -0.25) is 4.79 Å². The number of carbonyl (C=O) groups excluding carboxylic acids is 1. The summed E-state index contributed by atoms with van der Waals surface area (Å²) < 4.78 is 0. The van der Waals surface area contributed by atoms with E-state index in [-0.39, 0.29) is 11.8 Å². The molecule has 0 unspecified atom stereocenters. The Bertz CT molecular complexity index is 825. The first-order chi connectivity index (χ1) is 12.6. The van der Waals surface area contributed by atoms with E-state index in [1.165, 1.54) is 12.8 Å². The predicted molar refractivity (Wildman–Crippen MR) is 104 cm³/mol. The van der Waals surface area contributed by atoms with Crippen molar-refractivity contribution in [2.45, 2.75) is 31.6 Å². The van der Waals surface area contributed by atoms with Crippen LogP contribution in [0.15, 0.2) is 30.6 Å². The molecule has 1 saturated heterocycles. The van der Waals surface area contributed by atoms with Gasteiger partial charge < -0.3 is 10.2 Å². The third-order valence-electron chi connectivity index (χ3n) is 5.00. The van der Waals surface area contributed by atoms with Gasteiger partial charge in [-0.2, -0.15) is 0 Å². The van der Waals surface area contributed by atoms with Gasteiger partial charge in [0, 0.05) is 30.8 Å². The molecule has 2 aromatic rings. The predicted octanol–water partition coefficient (Wildman–Crippen LogP) is 4.52. The molecule has 5 nitrogen and oxygen atoms in total. The van der Waals surface area contributed by atoms with Gasteiger partial charge in [0.05, 0.1) is 21.7 Å². The summed E-state index contributed by atoms with van der Waals surface area (Å²) in [6, 6.07) is 7.32. The lowest BCUT2D eigenvalue weighted by molar-refractivity contribution is -0.120. The number of nitrogens with one attached hydrogen (secondary N) is 1. The Balaban J connectivity index is 1.45. The summed E-state index contributed by atoms with van der Waals surface area (Å²) in [4.78, 5) is 23.7. The van der Waals surface area contributed by atoms with Crippen LogP contribution in [0.2, 0.25) is 10.0 Å². The van der Waals surface area contributed by atoms with Crippen LogP contribution in [0.5, 0.6) is 0 Å². The molecule has 7 heteroatoms. The second-order valence-electron chi connectivity index (χ2n) is 6.95. The summed E-state index contributed by atoms with van der Waals surface area (Å²) in [6.45, 7) is 1.55. The molecule has 0 bridgehead atoms. The van der Waals surface area contributed by atoms with E-state index in [2.05, 4.69) is 26.3 Å². The Kier molecular flexibility index (Phi) is 5.00. The molecule has 0 radical (unpaired) electrons. The highest BCUT2D eigenvalue weighted by atomic mass is 35.5. The maximum Gasteiger partial charge on any atom is 0.229 e. The van der Waals surface area contributed by atoms with Crippen LogP contribution in [0.1, 0.15) is 37.3 Å². The van der Waals surface area contributed by atoms with E-state index in [4.69, 9.17) is 23.2 Å². The summed E-state index contributed by atoms with van der Waals surface area (Å²) in [7, 11) is 0. The zero-order chi connectivity index (χ0) is 18.1. The molecular formula is C19H20Cl2N4O. The number of halogens is 2. The average Bonchev–Trinajstić information content (AvgIpc) is 3.51. The number of carbonyl (C=O) groups is 1. The fourth-order valence-corrected chi connectivity index (χ4v) is 3.72. The highest BCUT2D eigenvalue weighted by Crippen LogP contribution is 2.39. The van der Waals surface area contributed by atoms with Crippen molar-refractivity contribution in [1.29, 1.82) is 0 Å². The molecule has 1 aliphatic carbocycles. The van der Waals surface area contributed by atoms with Crippen molar-refractivity contribution < 1.29 is 4.79 Å². The minimum absolute atomic E-state index is 0.0321. The number of hydrogen-bond acceptors (Lipinski definition) is 4. The number of amides is 1. The Labute approximate surface area is 162 Å². The largest absolute Gasteiger partial charge is 0.356 e. The fraction of sp³-hybridized carbons (Fsp3) is 0.421. The number of piperidine rings is 1. The van der Waals surface area contributed by atoms with Gasteiger partial charge in [-0.1, -0.05) is 29.3 Å². The summed E-state index contributed by atoms with van der Waals surface area (Å²) >= 11 is 12.2. The summed E-state index contributed by atoms with van der Waals surface area (Å²) in [5.41, 5.74) is 1.67. The minimum atomic E-state index is -0.113. The third-order valence-corrected chi connectivity index (χ3v) is 5.81. The minimum Gasteiger partial charge on any atom is -0.356 e. The molecule has 1 N–H and O–H groups in total. The van der Waals surface area contributed by atoms with Crippen LogP contribution in [0, 0.1) is 5.92 Å². The lowest BCUT2D eigenvalue weighted by Gasteiger charge is -2.33. The molecule has 4 rings (SSSR count). The molecule has 2 fully saturated rings. The maximum atomic E-state index is 12.7. The van der Waals surface area contributed by atoms with Crippen LogP contribution in [0.25, 0.3) is 0 Å². The summed E-state index contributed by atoms with van der Waals surface area (Å²) in [5, 5.41) is 3.73. The first-order valence-electron chi connectivity index (χ1n) is 8.93. The van der Waals surface area contributed by atoms with Crippen molar-refractivity contribution in [2.24, 2.45) is 5.92 Å². The lowest BCUT2D eigenvalue weighted by atomic mass is 9.97. The molecular weight excluding hydrogens is 371 g/mol. The second kappa shape index (κ2) is 7.41. The van der Waals surface area contributed by atoms with Crippen molar-refractivity contribution in [1.82, 2.24) is 9.97 Å². The van der Waals surface area contributed by atoms with Crippen LogP contribution in [-0.4, -0.2) is 29.0 Å². The quantitative estimate of drug-likeness (QED) is 0.833. The number of aromatic nitrogens is 2. The number of nitrogens with zero attached hydrogens (tertiary/aromatic N) is 3. The van der Waals surface area contributed by atoms with Gasteiger partial charge in [0.25, 0.3) is 0 Å². The van der Waals surface area contributed by atoms with Gasteiger partial charge in [-0.25, -0.2) is 9.97 Å². The van der Waals surface area contributed by atoms with Crippen molar-refractivity contribution in [3.8, 4) is 0 Å². The molecule has 1 saturated carbocycles. The molecule has 2 aliphatic rings. The summed E-state index contributed by atoms with van der Waals surface area (Å²) in [5.74, 6) is 1.36. The first-order valence-corrected chi connectivity index (χ1v) is 9.69.